The third kappa shape index (κ3) is 4.16. The number of aliphatic hydroxyl groups is 1. The number of nitrogens with one attached hydrogen (secondary N) is 2. The highest BCUT2D eigenvalue weighted by atomic mass is 16.5. The Kier molecular flexibility index (Phi) is 7.47. The van der Waals surface area contributed by atoms with Gasteiger partial charge in [-0.1, -0.05) is 46.2 Å². The molecule has 8 atom stereocenters. The van der Waals surface area contributed by atoms with E-state index in [-0.39, 0.29) is 36.2 Å². The summed E-state index contributed by atoms with van der Waals surface area (Å²) >= 11 is 0. The third-order valence-corrected chi connectivity index (χ3v) is 9.33. The number of benzene rings is 1. The zero-order valence-corrected chi connectivity index (χ0v) is 23.3. The zero-order valence-electron chi connectivity index (χ0n) is 23.3. The van der Waals surface area contributed by atoms with E-state index in [1.165, 1.54) is 0 Å². The molecular weight excluding hydrogens is 470 g/mol. The SMILES string of the molecule is CCCNC(=O)[C@@H]1[C@H]2C(=O)N([C@@H](CO)[C@@H](C)CC)C(C(=O)Nc3cc(C)ccc3C)C23CC(C)[C@@]1(C)O3. The van der Waals surface area contributed by atoms with Crippen molar-refractivity contribution in [3.05, 3.63) is 29.3 Å². The number of anilines is 1. The average molecular weight is 514 g/mol. The largest absolute Gasteiger partial charge is 0.394 e. The van der Waals surface area contributed by atoms with Crippen molar-refractivity contribution >= 4 is 23.4 Å². The lowest BCUT2D eigenvalue weighted by molar-refractivity contribution is -0.150. The first-order chi connectivity index (χ1) is 17.5. The van der Waals surface area contributed by atoms with Crippen LogP contribution < -0.4 is 10.6 Å². The highest BCUT2D eigenvalue weighted by molar-refractivity contribution is 6.04. The van der Waals surface area contributed by atoms with Gasteiger partial charge in [0.2, 0.25) is 17.7 Å². The van der Waals surface area contributed by atoms with Gasteiger partial charge in [-0.25, -0.2) is 0 Å². The van der Waals surface area contributed by atoms with E-state index < -0.39 is 35.1 Å². The number of carbonyl (C=O) groups excluding carboxylic acids is 3. The van der Waals surface area contributed by atoms with Gasteiger partial charge in [0.1, 0.15) is 11.6 Å². The predicted molar refractivity (Wildman–Crippen MR) is 142 cm³/mol. The second kappa shape index (κ2) is 10.0. The number of aryl methyl sites for hydroxylation is 2. The van der Waals surface area contributed by atoms with Crippen LogP contribution in [-0.2, 0) is 19.1 Å². The fraction of sp³-hybridized carbons (Fsp3) is 0.690. The van der Waals surface area contributed by atoms with E-state index in [4.69, 9.17) is 4.74 Å². The lowest BCUT2D eigenvalue weighted by atomic mass is 9.62. The Morgan fingerprint density at radius 3 is 2.57 bits per heavy atom. The van der Waals surface area contributed by atoms with Crippen LogP contribution in [0.5, 0.6) is 0 Å². The molecule has 8 nitrogen and oxygen atoms in total. The highest BCUT2D eigenvalue weighted by Crippen LogP contribution is 2.65. The number of aliphatic hydroxyl groups excluding tert-OH is 1. The summed E-state index contributed by atoms with van der Waals surface area (Å²) in [6.45, 7) is 14.1. The molecule has 1 spiro atoms. The summed E-state index contributed by atoms with van der Waals surface area (Å²) in [5, 5.41) is 16.5. The minimum atomic E-state index is -1.14. The lowest BCUT2D eigenvalue weighted by Gasteiger charge is -2.39. The molecular formula is C29H43N3O5. The fourth-order valence-electron chi connectivity index (χ4n) is 6.98. The Morgan fingerprint density at radius 1 is 1.24 bits per heavy atom. The topological polar surface area (TPSA) is 108 Å². The number of carbonyl (C=O) groups is 3. The first kappa shape index (κ1) is 27.6. The van der Waals surface area contributed by atoms with Crippen molar-refractivity contribution in [3.8, 4) is 0 Å². The van der Waals surface area contributed by atoms with Gasteiger partial charge in [0, 0.05) is 12.2 Å². The summed E-state index contributed by atoms with van der Waals surface area (Å²) in [5.41, 5.74) is 0.620. The molecule has 0 aromatic heterocycles. The number of rotatable bonds is 9. The summed E-state index contributed by atoms with van der Waals surface area (Å²) in [6.07, 6.45) is 2.01. The molecule has 1 aromatic rings. The Balaban J connectivity index is 1.83. The molecule has 3 aliphatic heterocycles. The first-order valence-electron chi connectivity index (χ1n) is 13.8. The number of fused-ring (bicyclic) bond motifs is 1. The first-order valence-corrected chi connectivity index (χ1v) is 13.8. The van der Waals surface area contributed by atoms with Crippen LogP contribution in [0, 0.1) is 37.5 Å². The van der Waals surface area contributed by atoms with Crippen molar-refractivity contribution < 1.29 is 24.2 Å². The van der Waals surface area contributed by atoms with Gasteiger partial charge in [-0.15, -0.1) is 0 Å². The number of nitrogens with zero attached hydrogens (tertiary/aromatic N) is 1. The van der Waals surface area contributed by atoms with Gasteiger partial charge in [-0.05, 0) is 62.6 Å². The fourth-order valence-corrected chi connectivity index (χ4v) is 6.98. The van der Waals surface area contributed by atoms with Gasteiger partial charge in [0.05, 0.1) is 30.1 Å². The molecule has 3 unspecified atom stereocenters. The van der Waals surface area contributed by atoms with E-state index in [0.717, 1.165) is 24.0 Å². The van der Waals surface area contributed by atoms with E-state index in [1.807, 2.05) is 66.7 Å². The standard InChI is InChI=1S/C29H43N3O5/c1-8-12-30-25(34)22-23-27(36)32(21(15-33)17(4)9-2)24(29(23)14-19(6)28(22,7)37-29)26(35)31-20-13-16(3)10-11-18(20)5/h10-11,13,17,19,21-24,33H,8-9,12,14-15H2,1-7H3,(H,30,34)(H,31,35)/t17-,19?,21-,22-,23-,24?,28+,29?/m0/s1. The number of ether oxygens (including phenoxy) is 1. The van der Waals surface area contributed by atoms with E-state index in [2.05, 4.69) is 10.6 Å². The van der Waals surface area contributed by atoms with Crippen LogP contribution in [0.4, 0.5) is 5.69 Å². The second-order valence-electron chi connectivity index (χ2n) is 11.7. The Hall–Kier alpha value is -2.45. The minimum Gasteiger partial charge on any atom is -0.394 e. The van der Waals surface area contributed by atoms with Crippen LogP contribution in [-0.4, -0.2) is 64.2 Å². The molecule has 2 bridgehead atoms. The Labute approximate surface area is 220 Å². The quantitative estimate of drug-likeness (QED) is 0.470. The molecule has 3 fully saturated rings. The van der Waals surface area contributed by atoms with Crippen LogP contribution in [0.3, 0.4) is 0 Å². The summed E-state index contributed by atoms with van der Waals surface area (Å²) in [4.78, 5) is 43.5. The van der Waals surface area contributed by atoms with Gasteiger partial charge in [-0.3, -0.25) is 14.4 Å². The number of hydrogen-bond donors (Lipinski definition) is 3. The molecule has 3 heterocycles. The van der Waals surface area contributed by atoms with Gasteiger partial charge >= 0.3 is 0 Å². The molecule has 204 valence electrons. The van der Waals surface area contributed by atoms with E-state index in [0.29, 0.717) is 18.7 Å². The summed E-state index contributed by atoms with van der Waals surface area (Å²) in [6, 6.07) is 4.34. The van der Waals surface area contributed by atoms with Crippen molar-refractivity contribution in [2.75, 3.05) is 18.5 Å². The summed E-state index contributed by atoms with van der Waals surface area (Å²) in [5.74, 6) is -2.36. The maximum Gasteiger partial charge on any atom is 0.250 e. The molecule has 37 heavy (non-hydrogen) atoms. The van der Waals surface area contributed by atoms with Gasteiger partial charge in [0.25, 0.3) is 0 Å². The van der Waals surface area contributed by atoms with Gasteiger partial charge in [0.15, 0.2) is 0 Å². The monoisotopic (exact) mass is 513 g/mol. The molecule has 8 heteroatoms. The molecule has 3 aliphatic rings. The maximum atomic E-state index is 14.3. The van der Waals surface area contributed by atoms with E-state index >= 15 is 0 Å². The van der Waals surface area contributed by atoms with E-state index in [9.17, 15) is 19.5 Å². The molecule has 4 rings (SSSR count). The average Bonchev–Trinajstić information content (AvgIpc) is 3.37. The summed E-state index contributed by atoms with van der Waals surface area (Å²) in [7, 11) is 0. The van der Waals surface area contributed by atoms with Crippen molar-refractivity contribution in [3.63, 3.8) is 0 Å². The normalized spacial score (nSPS) is 33.8. The molecule has 0 saturated carbocycles. The van der Waals surface area contributed by atoms with Crippen LogP contribution >= 0.6 is 0 Å². The predicted octanol–water partition coefficient (Wildman–Crippen LogP) is 3.19. The zero-order chi connectivity index (χ0) is 27.3. The maximum absolute atomic E-state index is 14.3. The van der Waals surface area contributed by atoms with E-state index in [1.54, 1.807) is 4.90 Å². The Morgan fingerprint density at radius 2 is 1.95 bits per heavy atom. The second-order valence-corrected chi connectivity index (χ2v) is 11.7. The minimum absolute atomic E-state index is 0.0268. The van der Waals surface area contributed by atoms with Crippen LogP contribution in [0.2, 0.25) is 0 Å². The molecule has 1 aromatic carbocycles. The van der Waals surface area contributed by atoms with Crippen LogP contribution in [0.1, 0.15) is 65.0 Å². The Bertz CT molecular complexity index is 1080. The number of likely N-dealkylation sites (tertiary alicyclic amines) is 1. The van der Waals surface area contributed by atoms with Crippen molar-refractivity contribution in [1.82, 2.24) is 10.2 Å². The third-order valence-electron chi connectivity index (χ3n) is 9.33. The molecule has 3 saturated heterocycles. The lowest BCUT2D eigenvalue weighted by Crippen LogP contribution is -2.57. The van der Waals surface area contributed by atoms with Gasteiger partial charge in [-0.2, -0.15) is 0 Å². The van der Waals surface area contributed by atoms with Crippen molar-refractivity contribution in [1.29, 1.82) is 0 Å². The van der Waals surface area contributed by atoms with Crippen molar-refractivity contribution in [2.45, 2.75) is 91.0 Å². The summed E-state index contributed by atoms with van der Waals surface area (Å²) < 4.78 is 6.77. The van der Waals surface area contributed by atoms with Crippen LogP contribution in [0.15, 0.2) is 18.2 Å². The van der Waals surface area contributed by atoms with Crippen molar-refractivity contribution in [2.24, 2.45) is 23.7 Å². The van der Waals surface area contributed by atoms with Crippen LogP contribution in [0.25, 0.3) is 0 Å². The molecule has 3 N–H and O–H groups in total. The smallest absolute Gasteiger partial charge is 0.250 e. The molecule has 3 amide bonds. The number of amides is 3. The molecule has 0 radical (unpaired) electrons. The van der Waals surface area contributed by atoms with Gasteiger partial charge < -0.3 is 25.4 Å². The highest BCUT2D eigenvalue weighted by Gasteiger charge is 2.80. The number of hydrogen-bond acceptors (Lipinski definition) is 5. The molecule has 0 aliphatic carbocycles.